The van der Waals surface area contributed by atoms with Crippen molar-refractivity contribution in [1.29, 1.82) is 0 Å². The normalized spacial score (nSPS) is 57.3. The molecule has 0 aromatic carbocycles. The van der Waals surface area contributed by atoms with E-state index >= 15 is 0 Å². The molecule has 0 bridgehead atoms. The molecule has 2 saturated heterocycles. The number of hydrogen-bond acceptors (Lipinski definition) is 10. The van der Waals surface area contributed by atoms with Crippen LogP contribution in [0.15, 0.2) is 11.8 Å². The smallest absolute Gasteiger partial charge is 0.210 e. The number of rotatable bonds is 3. The first-order valence-corrected chi connectivity index (χ1v) is 8.15. The minimum Gasteiger partial charge on any atom is -0.472 e. The molecular formula is C15H22O10. The van der Waals surface area contributed by atoms with Crippen LogP contribution in [0, 0.1) is 5.92 Å². The van der Waals surface area contributed by atoms with E-state index in [4.69, 9.17) is 18.9 Å². The van der Waals surface area contributed by atoms with E-state index in [2.05, 4.69) is 0 Å². The fourth-order valence-electron chi connectivity index (χ4n) is 4.01. The molecule has 6 N–H and O–H groups in total. The molecule has 0 radical (unpaired) electrons. The Morgan fingerprint density at radius 3 is 2.44 bits per heavy atom. The second-order valence-corrected chi connectivity index (χ2v) is 7.00. The van der Waals surface area contributed by atoms with Gasteiger partial charge >= 0.3 is 0 Å². The topological polar surface area (TPSA) is 162 Å². The van der Waals surface area contributed by atoms with Crippen LogP contribution in [-0.4, -0.2) is 98.2 Å². The van der Waals surface area contributed by atoms with Crippen LogP contribution in [0.2, 0.25) is 0 Å². The van der Waals surface area contributed by atoms with Gasteiger partial charge in [0, 0.05) is 0 Å². The number of epoxide rings is 1. The Kier molecular flexibility index (Phi) is 4.11. The van der Waals surface area contributed by atoms with E-state index in [1.54, 1.807) is 6.92 Å². The third-order valence-electron chi connectivity index (χ3n) is 5.61. The maximum Gasteiger partial charge on any atom is 0.210 e. The van der Waals surface area contributed by atoms with Gasteiger partial charge in [0.05, 0.1) is 24.9 Å². The highest BCUT2D eigenvalue weighted by Crippen LogP contribution is 2.56. The quantitative estimate of drug-likeness (QED) is 0.278. The zero-order valence-corrected chi connectivity index (χ0v) is 13.4. The van der Waals surface area contributed by atoms with Crippen LogP contribution in [-0.2, 0) is 18.9 Å². The van der Waals surface area contributed by atoms with Crippen LogP contribution in [0.5, 0.6) is 0 Å². The SMILES string of the molecule is CC1=CO[C@@H](O[C@@H]2O[C@H](CO)[C@@H](O)[C@H](O)[C@H]2O)[C@@H]2[C@H]3O[C@H]3[C@@H](O)[C@]12O. The number of fused-ring (bicyclic) bond motifs is 3. The Morgan fingerprint density at radius 1 is 1.04 bits per heavy atom. The van der Waals surface area contributed by atoms with Crippen molar-refractivity contribution in [1.82, 2.24) is 0 Å². The fourth-order valence-corrected chi connectivity index (χ4v) is 4.01. The lowest BCUT2D eigenvalue weighted by atomic mass is 9.80. The van der Waals surface area contributed by atoms with Crippen LogP contribution in [0.1, 0.15) is 6.92 Å². The number of hydrogen-bond donors (Lipinski definition) is 6. The summed E-state index contributed by atoms with van der Waals surface area (Å²) in [5.41, 5.74) is -1.17. The molecule has 1 aliphatic carbocycles. The lowest BCUT2D eigenvalue weighted by molar-refractivity contribution is -0.348. The third-order valence-corrected chi connectivity index (χ3v) is 5.61. The van der Waals surface area contributed by atoms with E-state index in [1.165, 1.54) is 6.26 Å². The molecule has 0 aromatic heterocycles. The first-order valence-electron chi connectivity index (χ1n) is 8.15. The minimum atomic E-state index is -1.59. The summed E-state index contributed by atoms with van der Waals surface area (Å²) in [5, 5.41) is 60.2. The fraction of sp³-hybridized carbons (Fsp3) is 0.867. The van der Waals surface area contributed by atoms with Gasteiger partial charge in [-0.1, -0.05) is 0 Å². The summed E-state index contributed by atoms with van der Waals surface area (Å²) in [6.07, 6.45) is -9.22. The molecule has 3 heterocycles. The zero-order chi connectivity index (χ0) is 18.1. The molecule has 3 aliphatic heterocycles. The molecule has 11 atom stereocenters. The van der Waals surface area contributed by atoms with Gasteiger partial charge in [-0.3, -0.25) is 0 Å². The van der Waals surface area contributed by atoms with Gasteiger partial charge in [0.2, 0.25) is 6.29 Å². The van der Waals surface area contributed by atoms with Crippen molar-refractivity contribution < 1.29 is 49.6 Å². The molecule has 0 unspecified atom stereocenters. The molecule has 1 saturated carbocycles. The average molecular weight is 362 g/mol. The van der Waals surface area contributed by atoms with E-state index < -0.39 is 73.4 Å². The Hall–Kier alpha value is -0.820. The van der Waals surface area contributed by atoms with Crippen LogP contribution in [0.3, 0.4) is 0 Å². The van der Waals surface area contributed by atoms with Gasteiger partial charge in [-0.25, -0.2) is 0 Å². The minimum absolute atomic E-state index is 0.425. The maximum atomic E-state index is 10.9. The van der Waals surface area contributed by atoms with Crippen LogP contribution in [0.4, 0.5) is 0 Å². The van der Waals surface area contributed by atoms with Gasteiger partial charge in [0.25, 0.3) is 0 Å². The molecule has 25 heavy (non-hydrogen) atoms. The van der Waals surface area contributed by atoms with Crippen LogP contribution >= 0.6 is 0 Å². The predicted molar refractivity (Wildman–Crippen MR) is 76.6 cm³/mol. The number of aliphatic hydroxyl groups excluding tert-OH is 5. The Bertz CT molecular complexity index is 567. The molecule has 3 fully saturated rings. The van der Waals surface area contributed by atoms with Crippen molar-refractivity contribution >= 4 is 0 Å². The van der Waals surface area contributed by atoms with E-state index in [-0.39, 0.29) is 0 Å². The van der Waals surface area contributed by atoms with Crippen molar-refractivity contribution in [2.24, 2.45) is 5.92 Å². The second-order valence-electron chi connectivity index (χ2n) is 7.00. The van der Waals surface area contributed by atoms with Crippen molar-refractivity contribution in [2.45, 2.75) is 67.8 Å². The van der Waals surface area contributed by atoms with Gasteiger partial charge in [-0.15, -0.1) is 0 Å². The summed E-state index contributed by atoms with van der Waals surface area (Å²) in [5.74, 6) is -0.759. The summed E-state index contributed by atoms with van der Waals surface area (Å²) in [4.78, 5) is 0. The molecule has 0 aromatic rings. The van der Waals surface area contributed by atoms with E-state index in [0.29, 0.717) is 5.57 Å². The summed E-state index contributed by atoms with van der Waals surface area (Å²) in [6.45, 7) is 1.03. The molecule has 10 heteroatoms. The summed E-state index contributed by atoms with van der Waals surface area (Å²) in [7, 11) is 0. The highest BCUT2D eigenvalue weighted by molar-refractivity contribution is 5.31. The van der Waals surface area contributed by atoms with Gasteiger partial charge < -0.3 is 49.6 Å². The molecule has 10 nitrogen and oxygen atoms in total. The van der Waals surface area contributed by atoms with E-state index in [1.807, 2.05) is 0 Å². The number of ether oxygens (including phenoxy) is 4. The van der Waals surface area contributed by atoms with Crippen molar-refractivity contribution in [3.63, 3.8) is 0 Å². The van der Waals surface area contributed by atoms with E-state index in [0.717, 1.165) is 0 Å². The highest BCUT2D eigenvalue weighted by atomic mass is 16.8. The standard InChI is InChI=1S/C15H22O10/c1-4-3-22-13(6-10-11(24-10)12(20)15(4,6)21)25-14-9(19)8(18)7(17)5(2-16)23-14/h3,5-14,16-21H,2H2,1H3/t5-,6+,7-,8+,9-,10-,11-,12-,13+,14+,15+/m1/s1. The molecule has 0 amide bonds. The summed E-state index contributed by atoms with van der Waals surface area (Å²) in [6, 6.07) is 0. The Balaban J connectivity index is 1.55. The van der Waals surface area contributed by atoms with Crippen LogP contribution in [0.25, 0.3) is 0 Å². The van der Waals surface area contributed by atoms with Gasteiger partial charge in [0.1, 0.15) is 42.2 Å². The molecule has 4 aliphatic rings. The van der Waals surface area contributed by atoms with E-state index in [9.17, 15) is 30.6 Å². The van der Waals surface area contributed by atoms with Crippen molar-refractivity contribution in [3.05, 3.63) is 11.8 Å². The first kappa shape index (κ1) is 17.6. The summed E-state index contributed by atoms with van der Waals surface area (Å²) < 4.78 is 21.7. The lowest BCUT2D eigenvalue weighted by Crippen LogP contribution is -2.61. The molecule has 142 valence electrons. The lowest BCUT2D eigenvalue weighted by Gasteiger charge is -2.45. The van der Waals surface area contributed by atoms with Crippen molar-refractivity contribution in [3.8, 4) is 0 Å². The van der Waals surface area contributed by atoms with Gasteiger partial charge in [-0.2, -0.15) is 0 Å². The predicted octanol–water partition coefficient (Wildman–Crippen LogP) is -3.45. The second kappa shape index (κ2) is 5.84. The zero-order valence-electron chi connectivity index (χ0n) is 13.4. The molecule has 4 rings (SSSR count). The largest absolute Gasteiger partial charge is 0.472 e. The third kappa shape index (κ3) is 2.37. The molecule has 0 spiro atoms. The average Bonchev–Trinajstić information content (AvgIpc) is 3.33. The Morgan fingerprint density at radius 2 is 1.76 bits per heavy atom. The monoisotopic (exact) mass is 362 g/mol. The van der Waals surface area contributed by atoms with Gasteiger partial charge in [0.15, 0.2) is 6.29 Å². The van der Waals surface area contributed by atoms with Gasteiger partial charge in [-0.05, 0) is 12.5 Å². The Labute approximate surface area is 142 Å². The molecular weight excluding hydrogens is 340 g/mol. The highest BCUT2D eigenvalue weighted by Gasteiger charge is 2.73. The number of aliphatic hydroxyl groups is 6. The van der Waals surface area contributed by atoms with Crippen molar-refractivity contribution in [2.75, 3.05) is 6.61 Å². The summed E-state index contributed by atoms with van der Waals surface area (Å²) >= 11 is 0. The maximum absolute atomic E-state index is 10.9. The first-order chi connectivity index (χ1) is 11.8. The van der Waals surface area contributed by atoms with Crippen LogP contribution < -0.4 is 0 Å².